The van der Waals surface area contributed by atoms with Gasteiger partial charge in [-0.1, -0.05) is 35.3 Å². The summed E-state index contributed by atoms with van der Waals surface area (Å²) >= 11 is 11.9. The Bertz CT molecular complexity index is 937. The smallest absolute Gasteiger partial charge is 0.232 e. The van der Waals surface area contributed by atoms with Gasteiger partial charge in [0.25, 0.3) is 0 Å². The van der Waals surface area contributed by atoms with Crippen molar-refractivity contribution >= 4 is 44.8 Å². The average Bonchev–Trinajstić information content (AvgIpc) is 2.60. The summed E-state index contributed by atoms with van der Waals surface area (Å²) in [5.74, 6) is -0.565. The molecule has 0 spiro atoms. The number of halogens is 3. The molecule has 2 aromatic rings. The molecule has 0 aliphatic heterocycles. The molecular formula is C19H21Cl2FN2O3S. The minimum Gasteiger partial charge on any atom is -0.350 e. The van der Waals surface area contributed by atoms with E-state index < -0.39 is 10.0 Å². The van der Waals surface area contributed by atoms with E-state index in [0.717, 1.165) is 11.8 Å². The minimum atomic E-state index is -3.55. The van der Waals surface area contributed by atoms with Crippen LogP contribution in [0, 0.1) is 5.82 Å². The minimum absolute atomic E-state index is 0.120. The van der Waals surface area contributed by atoms with Gasteiger partial charge in [0, 0.05) is 13.0 Å². The van der Waals surface area contributed by atoms with Crippen LogP contribution >= 0.6 is 23.2 Å². The summed E-state index contributed by atoms with van der Waals surface area (Å²) in [6.07, 6.45) is 1.54. The molecule has 1 N–H and O–H groups in total. The monoisotopic (exact) mass is 446 g/mol. The van der Waals surface area contributed by atoms with Gasteiger partial charge in [0.05, 0.1) is 28.0 Å². The molecule has 0 bridgehead atoms. The van der Waals surface area contributed by atoms with Gasteiger partial charge in [0.1, 0.15) is 5.82 Å². The van der Waals surface area contributed by atoms with E-state index >= 15 is 0 Å². The largest absolute Gasteiger partial charge is 0.350 e. The van der Waals surface area contributed by atoms with Crippen molar-refractivity contribution in [1.29, 1.82) is 0 Å². The zero-order valence-corrected chi connectivity index (χ0v) is 17.8. The van der Waals surface area contributed by atoms with E-state index in [0.29, 0.717) is 17.1 Å². The highest BCUT2D eigenvalue weighted by Crippen LogP contribution is 2.28. The first-order valence-corrected chi connectivity index (χ1v) is 11.2. The van der Waals surface area contributed by atoms with Crippen LogP contribution < -0.4 is 9.62 Å². The van der Waals surface area contributed by atoms with Crippen LogP contribution in [0.15, 0.2) is 42.5 Å². The van der Waals surface area contributed by atoms with Crippen molar-refractivity contribution in [1.82, 2.24) is 5.32 Å². The first-order valence-electron chi connectivity index (χ1n) is 8.55. The molecule has 0 saturated heterocycles. The summed E-state index contributed by atoms with van der Waals surface area (Å²) in [5, 5.41) is 3.39. The molecular weight excluding hydrogens is 426 g/mol. The van der Waals surface area contributed by atoms with Gasteiger partial charge in [-0.25, -0.2) is 12.8 Å². The van der Waals surface area contributed by atoms with Crippen LogP contribution in [0.4, 0.5) is 10.1 Å². The lowest BCUT2D eigenvalue weighted by atomic mass is 10.1. The standard InChI is InChI=1S/C19H21Cl2FN2O3S/c1-13(14-5-7-15(22)8-6-14)23-19(25)4-3-11-24(28(2,26)27)16-9-10-17(20)18(21)12-16/h5-10,12-13H,3-4,11H2,1-2H3,(H,23,25)/t13-/m0/s1. The second-order valence-corrected chi connectivity index (χ2v) is 9.10. The van der Waals surface area contributed by atoms with Crippen LogP contribution in [0.3, 0.4) is 0 Å². The van der Waals surface area contributed by atoms with Crippen molar-refractivity contribution in [3.05, 3.63) is 63.9 Å². The molecule has 2 aromatic carbocycles. The predicted octanol–water partition coefficient (Wildman–Crippen LogP) is 4.56. The number of nitrogens with zero attached hydrogens (tertiary/aromatic N) is 1. The first-order chi connectivity index (χ1) is 13.1. The zero-order valence-electron chi connectivity index (χ0n) is 15.5. The van der Waals surface area contributed by atoms with Crippen LogP contribution in [-0.4, -0.2) is 27.1 Å². The maximum Gasteiger partial charge on any atom is 0.232 e. The second kappa shape index (κ2) is 9.58. The molecule has 9 heteroatoms. The molecule has 0 aromatic heterocycles. The fraction of sp³-hybridized carbons (Fsp3) is 0.316. The number of hydrogen-bond donors (Lipinski definition) is 1. The van der Waals surface area contributed by atoms with Crippen molar-refractivity contribution in [2.75, 3.05) is 17.1 Å². The molecule has 1 amide bonds. The number of amides is 1. The molecule has 0 radical (unpaired) electrons. The van der Waals surface area contributed by atoms with E-state index in [2.05, 4.69) is 5.32 Å². The third-order valence-electron chi connectivity index (χ3n) is 4.10. The van der Waals surface area contributed by atoms with Gasteiger partial charge in [-0.3, -0.25) is 9.10 Å². The fourth-order valence-corrected chi connectivity index (χ4v) is 3.91. The predicted molar refractivity (Wildman–Crippen MR) is 111 cm³/mol. The van der Waals surface area contributed by atoms with Crippen LogP contribution in [0.5, 0.6) is 0 Å². The lowest BCUT2D eigenvalue weighted by Gasteiger charge is -2.23. The molecule has 1 atom stereocenters. The Hall–Kier alpha value is -1.83. The fourth-order valence-electron chi connectivity index (χ4n) is 2.66. The Balaban J connectivity index is 1.95. The number of rotatable bonds is 8. The summed E-state index contributed by atoms with van der Waals surface area (Å²) in [6, 6.07) is 10.2. The maximum atomic E-state index is 13.0. The lowest BCUT2D eigenvalue weighted by Crippen LogP contribution is -2.32. The zero-order chi connectivity index (χ0) is 20.9. The van der Waals surface area contributed by atoms with Crippen molar-refractivity contribution < 1.29 is 17.6 Å². The van der Waals surface area contributed by atoms with Gasteiger partial charge in [-0.2, -0.15) is 0 Å². The number of nitrogens with one attached hydrogen (secondary N) is 1. The van der Waals surface area contributed by atoms with Crippen LogP contribution in [0.25, 0.3) is 0 Å². The molecule has 152 valence electrons. The summed E-state index contributed by atoms with van der Waals surface area (Å²) in [7, 11) is -3.55. The van der Waals surface area contributed by atoms with E-state index in [1.165, 1.54) is 28.6 Å². The van der Waals surface area contributed by atoms with E-state index in [-0.39, 0.29) is 35.8 Å². The molecule has 0 aliphatic rings. The van der Waals surface area contributed by atoms with E-state index in [1.807, 2.05) is 0 Å². The van der Waals surface area contributed by atoms with Gasteiger partial charge in [-0.05, 0) is 49.2 Å². The Morgan fingerprint density at radius 1 is 1.14 bits per heavy atom. The Morgan fingerprint density at radius 2 is 1.79 bits per heavy atom. The van der Waals surface area contributed by atoms with Gasteiger partial charge < -0.3 is 5.32 Å². The summed E-state index contributed by atoms with van der Waals surface area (Å²) in [4.78, 5) is 12.2. The van der Waals surface area contributed by atoms with Gasteiger partial charge in [0.15, 0.2) is 0 Å². The first kappa shape index (κ1) is 22.5. The second-order valence-electron chi connectivity index (χ2n) is 6.38. The number of carbonyl (C=O) groups excluding carboxylic acids is 1. The molecule has 0 aliphatic carbocycles. The topological polar surface area (TPSA) is 66.5 Å². The summed E-state index contributed by atoms with van der Waals surface area (Å²) in [6.45, 7) is 1.92. The highest BCUT2D eigenvalue weighted by molar-refractivity contribution is 7.92. The highest BCUT2D eigenvalue weighted by atomic mass is 35.5. The van der Waals surface area contributed by atoms with E-state index in [1.54, 1.807) is 25.1 Å². The molecule has 0 unspecified atom stereocenters. The highest BCUT2D eigenvalue weighted by Gasteiger charge is 2.19. The van der Waals surface area contributed by atoms with Crippen LogP contribution in [0.2, 0.25) is 10.0 Å². The Labute approximate surface area is 174 Å². The van der Waals surface area contributed by atoms with Crippen molar-refractivity contribution in [2.24, 2.45) is 0 Å². The Morgan fingerprint density at radius 3 is 2.36 bits per heavy atom. The number of hydrogen-bond acceptors (Lipinski definition) is 3. The van der Waals surface area contributed by atoms with Gasteiger partial charge in [0.2, 0.25) is 15.9 Å². The third-order valence-corrected chi connectivity index (χ3v) is 6.04. The van der Waals surface area contributed by atoms with Crippen LogP contribution in [0.1, 0.15) is 31.4 Å². The van der Waals surface area contributed by atoms with Crippen molar-refractivity contribution in [3.8, 4) is 0 Å². The number of carbonyl (C=O) groups is 1. The van der Waals surface area contributed by atoms with Crippen molar-refractivity contribution in [3.63, 3.8) is 0 Å². The molecule has 0 saturated carbocycles. The normalized spacial score (nSPS) is 12.5. The van der Waals surface area contributed by atoms with Gasteiger partial charge in [-0.15, -0.1) is 0 Å². The SMILES string of the molecule is C[C@H](NC(=O)CCCN(c1ccc(Cl)c(Cl)c1)S(C)(=O)=O)c1ccc(F)cc1. The molecule has 5 nitrogen and oxygen atoms in total. The van der Waals surface area contributed by atoms with E-state index in [9.17, 15) is 17.6 Å². The molecule has 0 fully saturated rings. The quantitative estimate of drug-likeness (QED) is 0.646. The molecule has 2 rings (SSSR count). The van der Waals surface area contributed by atoms with Gasteiger partial charge >= 0.3 is 0 Å². The lowest BCUT2D eigenvalue weighted by molar-refractivity contribution is -0.121. The van der Waals surface area contributed by atoms with Crippen molar-refractivity contribution in [2.45, 2.75) is 25.8 Å². The number of anilines is 1. The average molecular weight is 447 g/mol. The number of sulfonamides is 1. The maximum absolute atomic E-state index is 13.0. The summed E-state index contributed by atoms with van der Waals surface area (Å²) < 4.78 is 38.4. The number of benzene rings is 2. The Kier molecular flexibility index (Phi) is 7.69. The molecule has 0 heterocycles. The molecule has 28 heavy (non-hydrogen) atoms. The summed E-state index contributed by atoms with van der Waals surface area (Å²) in [5.41, 5.74) is 1.17. The third kappa shape index (κ3) is 6.36. The van der Waals surface area contributed by atoms with E-state index in [4.69, 9.17) is 23.2 Å². The van der Waals surface area contributed by atoms with Crippen LogP contribution in [-0.2, 0) is 14.8 Å².